The van der Waals surface area contributed by atoms with E-state index in [-0.39, 0.29) is 0 Å². The number of unbranched alkanes of at least 4 members (excludes halogenated alkanes) is 4. The molecule has 0 unspecified atom stereocenters. The average Bonchev–Trinajstić information content (AvgIpc) is 2.77. The van der Waals surface area contributed by atoms with Crippen LogP contribution in [-0.2, 0) is 4.74 Å². The third kappa shape index (κ3) is 7.48. The van der Waals surface area contributed by atoms with Crippen LogP contribution in [0.5, 0.6) is 0 Å². The molecular weight excluding hydrogens is 378 g/mol. The molecule has 3 heteroatoms. The standard InChI is InChI=1S/C27H40F2O/c1-2-3-4-5-6-19-30-26-17-15-25(16-18-26)24-13-11-23(12-14-24)22-9-7-21(8-10-22)20-27(28)29/h7-10,20,23-26H,2-6,11-19H2,1H3/t23-,24-,25-,26-. The van der Waals surface area contributed by atoms with Crippen LogP contribution in [0.25, 0.3) is 6.08 Å². The van der Waals surface area contributed by atoms with Crippen molar-refractivity contribution in [2.75, 3.05) is 6.61 Å². The molecular formula is C27H40F2O. The summed E-state index contributed by atoms with van der Waals surface area (Å²) in [7, 11) is 0. The summed E-state index contributed by atoms with van der Waals surface area (Å²) < 4.78 is 30.9. The van der Waals surface area contributed by atoms with Gasteiger partial charge >= 0.3 is 0 Å². The number of rotatable bonds is 10. The molecule has 2 aliphatic carbocycles. The molecule has 0 aliphatic heterocycles. The molecule has 2 aliphatic rings. The van der Waals surface area contributed by atoms with E-state index in [4.69, 9.17) is 4.74 Å². The highest BCUT2D eigenvalue weighted by molar-refractivity contribution is 5.50. The van der Waals surface area contributed by atoms with Crippen LogP contribution in [0.4, 0.5) is 8.78 Å². The van der Waals surface area contributed by atoms with E-state index in [0.29, 0.717) is 17.6 Å². The first-order valence-electron chi connectivity index (χ1n) is 12.4. The Bertz CT molecular complexity index is 619. The first-order chi connectivity index (χ1) is 14.7. The quantitative estimate of drug-likeness (QED) is 0.345. The molecule has 0 aromatic heterocycles. The van der Waals surface area contributed by atoms with Gasteiger partial charge in [0, 0.05) is 12.7 Å². The van der Waals surface area contributed by atoms with Gasteiger partial charge in [0.05, 0.1) is 6.10 Å². The number of halogens is 2. The highest BCUT2D eigenvalue weighted by Crippen LogP contribution is 2.43. The predicted octanol–water partition coefficient (Wildman–Crippen LogP) is 8.74. The SMILES string of the molecule is CCCCCCCO[C@H]1CC[C@H]([C@H]2CC[C@H](c3ccc(C=C(F)F)cc3)CC2)CC1. The van der Waals surface area contributed by atoms with E-state index in [9.17, 15) is 8.78 Å². The van der Waals surface area contributed by atoms with Gasteiger partial charge in [0.15, 0.2) is 0 Å². The molecule has 0 amide bonds. The molecule has 3 rings (SSSR count). The molecule has 0 atom stereocenters. The fraction of sp³-hybridized carbons (Fsp3) is 0.704. The van der Waals surface area contributed by atoms with Crippen LogP contribution in [0.2, 0.25) is 0 Å². The van der Waals surface area contributed by atoms with E-state index in [1.54, 1.807) is 0 Å². The highest BCUT2D eigenvalue weighted by Gasteiger charge is 2.31. The number of hydrogen-bond acceptors (Lipinski definition) is 1. The molecule has 30 heavy (non-hydrogen) atoms. The van der Waals surface area contributed by atoms with Crippen molar-refractivity contribution in [1.29, 1.82) is 0 Å². The van der Waals surface area contributed by atoms with Crippen molar-refractivity contribution in [3.63, 3.8) is 0 Å². The van der Waals surface area contributed by atoms with Crippen LogP contribution in [0.1, 0.15) is 107 Å². The van der Waals surface area contributed by atoms with Gasteiger partial charge in [-0.15, -0.1) is 0 Å². The Morgan fingerprint density at radius 1 is 0.833 bits per heavy atom. The summed E-state index contributed by atoms with van der Waals surface area (Å²) in [6.07, 6.45) is 16.7. The fourth-order valence-corrected chi connectivity index (χ4v) is 5.60. The van der Waals surface area contributed by atoms with Crippen molar-refractivity contribution in [2.24, 2.45) is 11.8 Å². The van der Waals surface area contributed by atoms with E-state index in [2.05, 4.69) is 6.92 Å². The summed E-state index contributed by atoms with van der Waals surface area (Å²) in [5.74, 6) is 2.36. The van der Waals surface area contributed by atoms with Crippen LogP contribution in [0.3, 0.4) is 0 Å². The van der Waals surface area contributed by atoms with Gasteiger partial charge < -0.3 is 4.74 Å². The molecule has 1 aromatic rings. The lowest BCUT2D eigenvalue weighted by molar-refractivity contribution is 0.00624. The number of hydrogen-bond donors (Lipinski definition) is 0. The second-order valence-corrected chi connectivity index (χ2v) is 9.53. The first kappa shape index (κ1) is 23.4. The Labute approximate surface area is 182 Å². The minimum absolute atomic E-state index is 0.505. The summed E-state index contributed by atoms with van der Waals surface area (Å²) >= 11 is 0. The average molecular weight is 419 g/mol. The summed E-state index contributed by atoms with van der Waals surface area (Å²) in [5.41, 5.74) is 1.91. The van der Waals surface area contributed by atoms with E-state index in [0.717, 1.165) is 24.5 Å². The van der Waals surface area contributed by atoms with Crippen LogP contribution in [0, 0.1) is 11.8 Å². The first-order valence-corrected chi connectivity index (χ1v) is 12.4. The molecule has 0 heterocycles. The molecule has 1 aromatic carbocycles. The molecule has 1 nitrogen and oxygen atoms in total. The van der Waals surface area contributed by atoms with Gasteiger partial charge in [-0.05, 0) is 86.7 Å². The van der Waals surface area contributed by atoms with Crippen LogP contribution >= 0.6 is 0 Å². The largest absolute Gasteiger partial charge is 0.378 e. The van der Waals surface area contributed by atoms with E-state index in [1.807, 2.05) is 24.3 Å². The lowest BCUT2D eigenvalue weighted by atomic mass is 9.69. The van der Waals surface area contributed by atoms with Gasteiger partial charge in [0.25, 0.3) is 6.08 Å². The molecule has 2 saturated carbocycles. The van der Waals surface area contributed by atoms with Gasteiger partial charge in [-0.25, -0.2) is 0 Å². The van der Waals surface area contributed by atoms with Gasteiger partial charge in [0.2, 0.25) is 0 Å². The van der Waals surface area contributed by atoms with Gasteiger partial charge in [0.1, 0.15) is 0 Å². The molecule has 0 saturated heterocycles. The molecule has 0 N–H and O–H groups in total. The lowest BCUT2D eigenvalue weighted by Crippen LogP contribution is -2.28. The topological polar surface area (TPSA) is 9.23 Å². The van der Waals surface area contributed by atoms with Crippen LogP contribution in [0.15, 0.2) is 30.3 Å². The number of ether oxygens (including phenoxy) is 1. The zero-order chi connectivity index (χ0) is 21.2. The second-order valence-electron chi connectivity index (χ2n) is 9.53. The maximum atomic E-state index is 12.4. The Morgan fingerprint density at radius 2 is 1.43 bits per heavy atom. The van der Waals surface area contributed by atoms with Crippen LogP contribution in [-0.4, -0.2) is 12.7 Å². The van der Waals surface area contributed by atoms with E-state index in [1.165, 1.54) is 89.0 Å². The maximum Gasteiger partial charge on any atom is 0.270 e. The van der Waals surface area contributed by atoms with Crippen molar-refractivity contribution in [3.05, 3.63) is 41.5 Å². The van der Waals surface area contributed by atoms with Gasteiger partial charge in [-0.1, -0.05) is 56.9 Å². The van der Waals surface area contributed by atoms with Crippen molar-refractivity contribution >= 4 is 6.08 Å². The van der Waals surface area contributed by atoms with E-state index >= 15 is 0 Å². The zero-order valence-corrected chi connectivity index (χ0v) is 18.8. The van der Waals surface area contributed by atoms with Crippen molar-refractivity contribution < 1.29 is 13.5 Å². The highest BCUT2D eigenvalue weighted by atomic mass is 19.3. The summed E-state index contributed by atoms with van der Waals surface area (Å²) in [5, 5.41) is 0. The van der Waals surface area contributed by atoms with Crippen molar-refractivity contribution in [1.82, 2.24) is 0 Å². The second kappa shape index (κ2) is 12.6. The summed E-state index contributed by atoms with van der Waals surface area (Å²) in [4.78, 5) is 0. The Morgan fingerprint density at radius 3 is 2.03 bits per heavy atom. The third-order valence-electron chi connectivity index (χ3n) is 7.44. The van der Waals surface area contributed by atoms with Crippen LogP contribution < -0.4 is 0 Å². The third-order valence-corrected chi connectivity index (χ3v) is 7.44. The van der Waals surface area contributed by atoms with Crippen molar-refractivity contribution in [3.8, 4) is 0 Å². The Balaban J connectivity index is 1.33. The molecule has 0 bridgehead atoms. The predicted molar refractivity (Wildman–Crippen MR) is 122 cm³/mol. The van der Waals surface area contributed by atoms with Gasteiger partial charge in [-0.2, -0.15) is 8.78 Å². The monoisotopic (exact) mass is 418 g/mol. The van der Waals surface area contributed by atoms with E-state index < -0.39 is 6.08 Å². The summed E-state index contributed by atoms with van der Waals surface area (Å²) in [6.45, 7) is 3.21. The Kier molecular flexibility index (Phi) is 9.84. The minimum Gasteiger partial charge on any atom is -0.378 e. The number of benzene rings is 1. The molecule has 2 fully saturated rings. The smallest absolute Gasteiger partial charge is 0.270 e. The minimum atomic E-state index is -1.63. The fourth-order valence-electron chi connectivity index (χ4n) is 5.60. The zero-order valence-electron chi connectivity index (χ0n) is 18.8. The molecule has 0 radical (unpaired) electrons. The summed E-state index contributed by atoms with van der Waals surface area (Å²) in [6, 6.07) is 7.74. The lowest BCUT2D eigenvalue weighted by Gasteiger charge is -2.38. The molecule has 168 valence electrons. The maximum absolute atomic E-state index is 12.4. The molecule has 0 spiro atoms. The van der Waals surface area contributed by atoms with Crippen molar-refractivity contribution in [2.45, 2.75) is 102 Å². The van der Waals surface area contributed by atoms with Gasteiger partial charge in [-0.3, -0.25) is 0 Å². The normalized spacial score (nSPS) is 27.0. The Hall–Kier alpha value is -1.22.